The van der Waals surface area contributed by atoms with Gasteiger partial charge in [0.25, 0.3) is 0 Å². The lowest BCUT2D eigenvalue weighted by atomic mass is 10.0. The predicted molar refractivity (Wildman–Crippen MR) is 78.3 cm³/mol. The zero-order chi connectivity index (χ0) is 16.4. The highest BCUT2D eigenvalue weighted by Crippen LogP contribution is 2.04. The lowest BCUT2D eigenvalue weighted by Crippen LogP contribution is -2.53. The molecule has 0 aliphatic rings. The van der Waals surface area contributed by atoms with Crippen LogP contribution < -0.4 is 22.1 Å². The number of carboxylic acids is 1. The molecule has 0 rings (SSSR count). The van der Waals surface area contributed by atoms with E-state index in [1.54, 1.807) is 13.8 Å². The van der Waals surface area contributed by atoms with Crippen molar-refractivity contribution in [3.05, 3.63) is 0 Å². The molecule has 0 aromatic carbocycles. The summed E-state index contributed by atoms with van der Waals surface area (Å²) in [5.74, 6) is -2.15. The second-order valence-electron chi connectivity index (χ2n) is 5.23. The van der Waals surface area contributed by atoms with Gasteiger partial charge in [-0.15, -0.1) is 0 Å². The van der Waals surface area contributed by atoms with Crippen LogP contribution in [-0.4, -0.2) is 48.1 Å². The minimum atomic E-state index is -1.14. The molecule has 2 amide bonds. The molecule has 0 saturated carbocycles. The molecule has 0 spiro atoms. The van der Waals surface area contributed by atoms with Crippen LogP contribution in [0.3, 0.4) is 0 Å². The summed E-state index contributed by atoms with van der Waals surface area (Å²) in [5, 5.41) is 13.4. The molecular weight excluding hydrogens is 276 g/mol. The topological polar surface area (TPSA) is 148 Å². The molecule has 8 nitrogen and oxygen atoms in total. The molecule has 0 saturated heterocycles. The summed E-state index contributed by atoms with van der Waals surface area (Å²) in [6, 6.07) is -1.51. The number of unbranched alkanes of at least 4 members (excludes halogenated alkanes) is 1. The Morgan fingerprint density at radius 3 is 2.24 bits per heavy atom. The molecule has 0 fully saturated rings. The van der Waals surface area contributed by atoms with Gasteiger partial charge >= 0.3 is 5.97 Å². The standard InChI is InChI=1S/C13H26N4O4/c1-8(2)11(15)13(21)17-9(5-3-4-6-14)12(20)16-7-10(18)19/h8-9,11H,3-7,14-15H2,1-2H3,(H,16,20)(H,17,21)(H,18,19)/t9-,11-/m0/s1. The minimum Gasteiger partial charge on any atom is -0.480 e. The van der Waals surface area contributed by atoms with E-state index in [2.05, 4.69) is 10.6 Å². The van der Waals surface area contributed by atoms with Crippen molar-refractivity contribution in [1.29, 1.82) is 0 Å². The summed E-state index contributed by atoms with van der Waals surface area (Å²) >= 11 is 0. The van der Waals surface area contributed by atoms with Gasteiger partial charge in [-0.05, 0) is 31.7 Å². The summed E-state index contributed by atoms with van der Waals surface area (Å²) in [6.07, 6.45) is 1.76. The first-order chi connectivity index (χ1) is 9.79. The number of hydrogen-bond donors (Lipinski definition) is 5. The molecule has 8 heteroatoms. The van der Waals surface area contributed by atoms with Crippen LogP contribution in [0.1, 0.15) is 33.1 Å². The Morgan fingerprint density at radius 1 is 1.14 bits per heavy atom. The maximum Gasteiger partial charge on any atom is 0.322 e. The quantitative estimate of drug-likeness (QED) is 0.320. The van der Waals surface area contributed by atoms with Crippen molar-refractivity contribution >= 4 is 17.8 Å². The van der Waals surface area contributed by atoms with E-state index in [0.29, 0.717) is 19.4 Å². The molecule has 2 atom stereocenters. The Balaban J connectivity index is 4.60. The van der Waals surface area contributed by atoms with Crippen molar-refractivity contribution < 1.29 is 19.5 Å². The van der Waals surface area contributed by atoms with Crippen LogP contribution in [0.5, 0.6) is 0 Å². The Labute approximate surface area is 124 Å². The number of rotatable bonds is 10. The fraction of sp³-hybridized carbons (Fsp3) is 0.769. The number of amides is 2. The summed E-state index contributed by atoms with van der Waals surface area (Å²) in [6.45, 7) is 3.61. The lowest BCUT2D eigenvalue weighted by Gasteiger charge is -2.21. The molecule has 122 valence electrons. The third-order valence-corrected chi connectivity index (χ3v) is 3.01. The first-order valence-corrected chi connectivity index (χ1v) is 7.05. The van der Waals surface area contributed by atoms with Crippen LogP contribution in [0.4, 0.5) is 0 Å². The van der Waals surface area contributed by atoms with Crippen LogP contribution in [0.2, 0.25) is 0 Å². The predicted octanol–water partition coefficient (Wildman–Crippen LogP) is -1.22. The average molecular weight is 302 g/mol. The van der Waals surface area contributed by atoms with Crippen molar-refractivity contribution in [2.75, 3.05) is 13.1 Å². The number of nitrogens with two attached hydrogens (primary N) is 2. The number of hydrogen-bond acceptors (Lipinski definition) is 5. The lowest BCUT2D eigenvalue weighted by molar-refractivity contribution is -0.138. The van der Waals surface area contributed by atoms with Gasteiger partial charge in [-0.1, -0.05) is 13.8 Å². The summed E-state index contributed by atoms with van der Waals surface area (Å²) in [4.78, 5) is 34.3. The van der Waals surface area contributed by atoms with Crippen molar-refractivity contribution in [3.8, 4) is 0 Å². The Hall–Kier alpha value is -1.67. The molecule has 21 heavy (non-hydrogen) atoms. The first-order valence-electron chi connectivity index (χ1n) is 7.05. The van der Waals surface area contributed by atoms with Crippen molar-refractivity contribution in [2.45, 2.75) is 45.2 Å². The summed E-state index contributed by atoms with van der Waals surface area (Å²) in [7, 11) is 0. The fourth-order valence-electron chi connectivity index (χ4n) is 1.62. The van der Waals surface area contributed by atoms with Crippen LogP contribution >= 0.6 is 0 Å². The fourth-order valence-corrected chi connectivity index (χ4v) is 1.62. The zero-order valence-electron chi connectivity index (χ0n) is 12.6. The van der Waals surface area contributed by atoms with Crippen molar-refractivity contribution in [2.24, 2.45) is 17.4 Å². The van der Waals surface area contributed by atoms with E-state index in [4.69, 9.17) is 16.6 Å². The van der Waals surface area contributed by atoms with Gasteiger partial charge in [0, 0.05) is 0 Å². The monoisotopic (exact) mass is 302 g/mol. The number of nitrogens with one attached hydrogen (secondary N) is 2. The van der Waals surface area contributed by atoms with Gasteiger partial charge in [-0.25, -0.2) is 0 Å². The van der Waals surface area contributed by atoms with Gasteiger partial charge in [0.05, 0.1) is 6.04 Å². The molecule has 0 unspecified atom stereocenters. The number of carbonyl (C=O) groups excluding carboxylic acids is 2. The third-order valence-electron chi connectivity index (χ3n) is 3.01. The maximum absolute atomic E-state index is 11.9. The summed E-state index contributed by atoms with van der Waals surface area (Å²) in [5.41, 5.74) is 11.1. The highest BCUT2D eigenvalue weighted by Gasteiger charge is 2.24. The molecule has 0 aliphatic heterocycles. The van der Waals surface area contributed by atoms with E-state index < -0.39 is 36.4 Å². The summed E-state index contributed by atoms with van der Waals surface area (Å²) < 4.78 is 0. The number of carbonyl (C=O) groups is 3. The van der Waals surface area contributed by atoms with E-state index in [-0.39, 0.29) is 5.92 Å². The van der Waals surface area contributed by atoms with Gasteiger partial charge in [-0.2, -0.15) is 0 Å². The van der Waals surface area contributed by atoms with E-state index in [0.717, 1.165) is 6.42 Å². The molecule has 7 N–H and O–H groups in total. The first kappa shape index (κ1) is 19.3. The normalized spacial score (nSPS) is 13.6. The van der Waals surface area contributed by atoms with E-state index in [1.165, 1.54) is 0 Å². The largest absolute Gasteiger partial charge is 0.480 e. The highest BCUT2D eigenvalue weighted by atomic mass is 16.4. The van der Waals surface area contributed by atoms with Gasteiger partial charge in [0.15, 0.2) is 0 Å². The molecule has 0 aromatic heterocycles. The zero-order valence-corrected chi connectivity index (χ0v) is 12.6. The van der Waals surface area contributed by atoms with Crippen LogP contribution in [0.25, 0.3) is 0 Å². The third kappa shape index (κ3) is 8.26. The van der Waals surface area contributed by atoms with Crippen molar-refractivity contribution in [1.82, 2.24) is 10.6 Å². The second kappa shape index (κ2) is 10.1. The van der Waals surface area contributed by atoms with E-state index in [9.17, 15) is 14.4 Å². The van der Waals surface area contributed by atoms with Gasteiger partial charge in [0.1, 0.15) is 12.6 Å². The molecule has 0 radical (unpaired) electrons. The van der Waals surface area contributed by atoms with E-state index in [1.807, 2.05) is 0 Å². The van der Waals surface area contributed by atoms with Gasteiger partial charge in [0.2, 0.25) is 11.8 Å². The Kier molecular flexibility index (Phi) is 9.31. The van der Waals surface area contributed by atoms with Gasteiger partial charge in [-0.3, -0.25) is 14.4 Å². The van der Waals surface area contributed by atoms with Crippen LogP contribution in [0, 0.1) is 5.92 Å². The van der Waals surface area contributed by atoms with Crippen molar-refractivity contribution in [3.63, 3.8) is 0 Å². The highest BCUT2D eigenvalue weighted by molar-refractivity contribution is 5.91. The Bertz CT molecular complexity index is 360. The number of aliphatic carboxylic acids is 1. The molecule has 0 aromatic rings. The average Bonchev–Trinajstić information content (AvgIpc) is 2.42. The second-order valence-corrected chi connectivity index (χ2v) is 5.23. The van der Waals surface area contributed by atoms with Gasteiger partial charge < -0.3 is 27.2 Å². The molecule has 0 bridgehead atoms. The van der Waals surface area contributed by atoms with E-state index >= 15 is 0 Å². The molecule has 0 heterocycles. The molecule has 0 aliphatic carbocycles. The minimum absolute atomic E-state index is 0.0585. The van der Waals surface area contributed by atoms with Crippen LogP contribution in [0.15, 0.2) is 0 Å². The maximum atomic E-state index is 11.9. The smallest absolute Gasteiger partial charge is 0.322 e. The number of carboxylic acid groups (broad SMARTS) is 1. The Morgan fingerprint density at radius 2 is 1.76 bits per heavy atom. The SMILES string of the molecule is CC(C)[C@H](N)C(=O)N[C@@H](CCCCN)C(=O)NCC(=O)O. The molecular formula is C13H26N4O4. The van der Waals surface area contributed by atoms with Crippen LogP contribution in [-0.2, 0) is 14.4 Å².